The molecule has 1 fully saturated rings. The summed E-state index contributed by atoms with van der Waals surface area (Å²) in [4.78, 5) is 21.6. The first-order valence-corrected chi connectivity index (χ1v) is 5.86. The van der Waals surface area contributed by atoms with E-state index in [2.05, 4.69) is 10.5 Å². The normalized spacial score (nSPS) is 24.6. The SMILES string of the molecule is O=C1CONC2C=CC3=c4ccccc4=NC3=C12. The molecule has 0 radical (unpaired) electrons. The molecule has 1 aliphatic carbocycles. The van der Waals surface area contributed by atoms with Crippen molar-refractivity contribution in [1.82, 2.24) is 5.48 Å². The van der Waals surface area contributed by atoms with Crippen LogP contribution in [-0.4, -0.2) is 18.4 Å². The summed E-state index contributed by atoms with van der Waals surface area (Å²) in [7, 11) is 0. The van der Waals surface area contributed by atoms with Gasteiger partial charge in [-0.25, -0.2) is 4.99 Å². The average molecular weight is 238 g/mol. The zero-order valence-electron chi connectivity index (χ0n) is 9.51. The molecule has 2 aliphatic heterocycles. The second kappa shape index (κ2) is 3.48. The largest absolute Gasteiger partial charge is 0.293 e. The standard InChI is InChI=1S/C14H10N2O2/c17-12-7-18-16-11-6-5-9-8-3-1-2-4-10(8)15-14(9)13(11)12/h1-6,11,16H,7H2. The van der Waals surface area contributed by atoms with Gasteiger partial charge in [0, 0.05) is 16.4 Å². The van der Waals surface area contributed by atoms with Crippen LogP contribution in [0.15, 0.2) is 52.7 Å². The predicted octanol–water partition coefficient (Wildman–Crippen LogP) is -0.233. The number of carbonyl (C=O) groups is 1. The Morgan fingerprint density at radius 2 is 2.22 bits per heavy atom. The number of Topliss-reactive ketones (excluding diaryl/α,β-unsaturated/α-hetero) is 1. The Morgan fingerprint density at radius 3 is 3.17 bits per heavy atom. The second-order valence-corrected chi connectivity index (χ2v) is 4.47. The van der Waals surface area contributed by atoms with Gasteiger partial charge in [-0.15, -0.1) is 0 Å². The summed E-state index contributed by atoms with van der Waals surface area (Å²) < 4.78 is 0. The topological polar surface area (TPSA) is 50.7 Å². The fourth-order valence-corrected chi connectivity index (χ4v) is 2.60. The third-order valence-corrected chi connectivity index (χ3v) is 3.42. The van der Waals surface area contributed by atoms with Gasteiger partial charge in [-0.1, -0.05) is 30.4 Å². The van der Waals surface area contributed by atoms with E-state index in [1.165, 1.54) is 0 Å². The summed E-state index contributed by atoms with van der Waals surface area (Å²) in [5.41, 5.74) is 5.40. The Hall–Kier alpha value is -2.04. The predicted molar refractivity (Wildman–Crippen MR) is 64.7 cm³/mol. The number of ketones is 1. The first-order chi connectivity index (χ1) is 8.84. The first-order valence-electron chi connectivity index (χ1n) is 5.86. The number of hydrogen-bond acceptors (Lipinski definition) is 4. The maximum Gasteiger partial charge on any atom is 0.190 e. The van der Waals surface area contributed by atoms with Crippen LogP contribution in [0.1, 0.15) is 0 Å². The molecule has 4 rings (SSSR count). The van der Waals surface area contributed by atoms with Gasteiger partial charge in [0.1, 0.15) is 6.61 Å². The highest BCUT2D eigenvalue weighted by Crippen LogP contribution is 2.29. The number of nitrogens with one attached hydrogen (secondary N) is 1. The van der Waals surface area contributed by atoms with Crippen LogP contribution in [-0.2, 0) is 9.63 Å². The van der Waals surface area contributed by atoms with Crippen molar-refractivity contribution in [2.45, 2.75) is 6.04 Å². The number of nitrogens with zero attached hydrogens (tertiary/aromatic N) is 1. The third kappa shape index (κ3) is 1.21. The molecular formula is C14H10N2O2. The van der Waals surface area contributed by atoms with Crippen molar-refractivity contribution < 1.29 is 9.63 Å². The van der Waals surface area contributed by atoms with E-state index in [1.54, 1.807) is 0 Å². The third-order valence-electron chi connectivity index (χ3n) is 3.42. The molecular weight excluding hydrogens is 228 g/mol. The number of allylic oxidation sites excluding steroid dienone is 1. The van der Waals surface area contributed by atoms with Gasteiger partial charge < -0.3 is 0 Å². The molecule has 1 unspecified atom stereocenters. The maximum absolute atomic E-state index is 12.0. The van der Waals surface area contributed by atoms with Crippen molar-refractivity contribution in [1.29, 1.82) is 0 Å². The highest BCUT2D eigenvalue weighted by Gasteiger charge is 2.32. The molecule has 1 saturated heterocycles. The van der Waals surface area contributed by atoms with Gasteiger partial charge in [-0.3, -0.25) is 9.63 Å². The second-order valence-electron chi connectivity index (χ2n) is 4.47. The molecule has 0 spiro atoms. The molecule has 1 atom stereocenters. The van der Waals surface area contributed by atoms with Gasteiger partial charge in [0.2, 0.25) is 0 Å². The van der Waals surface area contributed by atoms with E-state index < -0.39 is 0 Å². The van der Waals surface area contributed by atoms with Gasteiger partial charge in [0.05, 0.1) is 17.1 Å². The Labute approximate surface area is 103 Å². The Morgan fingerprint density at radius 1 is 1.33 bits per heavy atom. The minimum atomic E-state index is -0.178. The minimum absolute atomic E-state index is 0.00663. The summed E-state index contributed by atoms with van der Waals surface area (Å²) in [6.07, 6.45) is 3.96. The molecule has 1 N–H and O–H groups in total. The highest BCUT2D eigenvalue weighted by molar-refractivity contribution is 6.03. The molecule has 0 bridgehead atoms. The van der Waals surface area contributed by atoms with Crippen LogP contribution in [0, 0.1) is 0 Å². The fraction of sp³-hybridized carbons (Fsp3) is 0.143. The summed E-state index contributed by atoms with van der Waals surface area (Å²) in [6, 6.07) is 7.76. The molecule has 1 aromatic rings. The van der Waals surface area contributed by atoms with E-state index in [1.807, 2.05) is 36.4 Å². The zero-order chi connectivity index (χ0) is 12.1. The van der Waals surface area contributed by atoms with E-state index in [0.29, 0.717) is 0 Å². The molecule has 4 heteroatoms. The number of fused-ring (bicyclic) bond motifs is 3. The van der Waals surface area contributed by atoms with Crippen LogP contribution in [0.3, 0.4) is 0 Å². The summed E-state index contributed by atoms with van der Waals surface area (Å²) in [5, 5.41) is 2.02. The Kier molecular flexibility index (Phi) is 1.92. The van der Waals surface area contributed by atoms with Crippen molar-refractivity contribution in [3.8, 4) is 0 Å². The van der Waals surface area contributed by atoms with Crippen LogP contribution in [0.5, 0.6) is 0 Å². The average Bonchev–Trinajstić information content (AvgIpc) is 2.77. The fourth-order valence-electron chi connectivity index (χ4n) is 2.60. The molecule has 3 aliphatic rings. The first kappa shape index (κ1) is 9.94. The van der Waals surface area contributed by atoms with Crippen LogP contribution in [0.2, 0.25) is 0 Å². The van der Waals surface area contributed by atoms with Crippen molar-refractivity contribution >= 4 is 11.4 Å². The van der Waals surface area contributed by atoms with Gasteiger partial charge in [0.15, 0.2) is 5.78 Å². The highest BCUT2D eigenvalue weighted by atomic mass is 16.6. The molecule has 88 valence electrons. The van der Waals surface area contributed by atoms with Gasteiger partial charge >= 0.3 is 0 Å². The summed E-state index contributed by atoms with van der Waals surface area (Å²) >= 11 is 0. The van der Waals surface area contributed by atoms with Crippen LogP contribution >= 0.6 is 0 Å². The van der Waals surface area contributed by atoms with Crippen LogP contribution in [0.4, 0.5) is 0 Å². The minimum Gasteiger partial charge on any atom is -0.293 e. The van der Waals surface area contributed by atoms with E-state index in [0.717, 1.165) is 27.4 Å². The smallest absolute Gasteiger partial charge is 0.190 e. The van der Waals surface area contributed by atoms with Crippen LogP contribution in [0.25, 0.3) is 5.57 Å². The van der Waals surface area contributed by atoms with Gasteiger partial charge in [-0.05, 0) is 6.07 Å². The van der Waals surface area contributed by atoms with Crippen molar-refractivity contribution in [3.63, 3.8) is 0 Å². The molecule has 0 aromatic heterocycles. The number of hydrogen-bond donors (Lipinski definition) is 1. The maximum atomic E-state index is 12.0. The molecule has 0 saturated carbocycles. The molecule has 4 nitrogen and oxygen atoms in total. The van der Waals surface area contributed by atoms with Gasteiger partial charge in [-0.2, -0.15) is 5.48 Å². The number of hydroxylamine groups is 1. The van der Waals surface area contributed by atoms with Gasteiger partial charge in [0.25, 0.3) is 0 Å². The Balaban J connectivity index is 2.06. The lowest BCUT2D eigenvalue weighted by molar-refractivity contribution is -0.127. The van der Waals surface area contributed by atoms with E-state index in [4.69, 9.17) is 4.84 Å². The lowest BCUT2D eigenvalue weighted by Gasteiger charge is -2.26. The zero-order valence-corrected chi connectivity index (χ0v) is 9.51. The monoisotopic (exact) mass is 238 g/mol. The van der Waals surface area contributed by atoms with E-state index >= 15 is 0 Å². The van der Waals surface area contributed by atoms with E-state index in [-0.39, 0.29) is 18.4 Å². The van der Waals surface area contributed by atoms with Crippen molar-refractivity contribution in [3.05, 3.63) is 58.3 Å². The van der Waals surface area contributed by atoms with E-state index in [9.17, 15) is 4.79 Å². The number of para-hydroxylation sites is 1. The van der Waals surface area contributed by atoms with Crippen molar-refractivity contribution in [2.24, 2.45) is 4.99 Å². The quantitative estimate of drug-likeness (QED) is 0.679. The van der Waals surface area contributed by atoms with Crippen molar-refractivity contribution in [2.75, 3.05) is 6.61 Å². The summed E-state index contributed by atoms with van der Waals surface area (Å²) in [6.45, 7) is 0.0717. The number of rotatable bonds is 0. The number of carbonyl (C=O) groups excluding carboxylic acids is 1. The molecule has 18 heavy (non-hydrogen) atoms. The Bertz CT molecular complexity index is 743. The molecule has 2 heterocycles. The molecule has 1 aromatic carbocycles. The molecule has 0 amide bonds. The summed E-state index contributed by atoms with van der Waals surface area (Å²) in [5.74, 6) is 0.00663. The lowest BCUT2D eigenvalue weighted by atomic mass is 9.91. The lowest BCUT2D eigenvalue weighted by Crippen LogP contribution is -2.42. The van der Waals surface area contributed by atoms with Crippen LogP contribution < -0.4 is 16.1 Å². The number of benzene rings is 1.